The Kier molecular flexibility index (Phi) is 5.23. The standard InChI is InChI=1S/C13H21ClN4/c14-12-4-3-6-16-13(12)18-10-8-17(9-11-18)7-2-1-5-15/h3-4,6H,1-2,5,7-11,15H2. The van der Waals surface area contributed by atoms with Gasteiger partial charge in [0.25, 0.3) is 0 Å². The molecule has 2 heterocycles. The van der Waals surface area contributed by atoms with Crippen LogP contribution < -0.4 is 10.6 Å². The molecule has 18 heavy (non-hydrogen) atoms. The zero-order chi connectivity index (χ0) is 12.8. The summed E-state index contributed by atoms with van der Waals surface area (Å²) in [5, 5.41) is 0.745. The molecular formula is C13H21ClN4. The summed E-state index contributed by atoms with van der Waals surface area (Å²) >= 11 is 6.16. The van der Waals surface area contributed by atoms with Gasteiger partial charge in [-0.3, -0.25) is 4.90 Å². The molecule has 5 heteroatoms. The van der Waals surface area contributed by atoms with Gasteiger partial charge in [-0.15, -0.1) is 0 Å². The molecule has 0 radical (unpaired) electrons. The number of hydrogen-bond donors (Lipinski definition) is 1. The van der Waals surface area contributed by atoms with E-state index in [0.717, 1.165) is 56.5 Å². The van der Waals surface area contributed by atoms with E-state index < -0.39 is 0 Å². The van der Waals surface area contributed by atoms with Gasteiger partial charge in [0.15, 0.2) is 0 Å². The molecule has 2 rings (SSSR count). The van der Waals surface area contributed by atoms with Crippen molar-refractivity contribution in [3.05, 3.63) is 23.4 Å². The summed E-state index contributed by atoms with van der Waals surface area (Å²) in [6.07, 6.45) is 4.11. The third-order valence-electron chi connectivity index (χ3n) is 3.34. The van der Waals surface area contributed by atoms with Gasteiger partial charge in [-0.1, -0.05) is 11.6 Å². The Morgan fingerprint density at radius 3 is 2.67 bits per heavy atom. The van der Waals surface area contributed by atoms with Gasteiger partial charge in [-0.05, 0) is 38.1 Å². The predicted molar refractivity (Wildman–Crippen MR) is 76.2 cm³/mol. The van der Waals surface area contributed by atoms with Gasteiger partial charge in [-0.25, -0.2) is 4.98 Å². The fourth-order valence-electron chi connectivity index (χ4n) is 2.27. The van der Waals surface area contributed by atoms with Crippen molar-refractivity contribution in [2.24, 2.45) is 5.73 Å². The summed E-state index contributed by atoms with van der Waals surface area (Å²) in [7, 11) is 0. The molecule has 0 aliphatic carbocycles. The van der Waals surface area contributed by atoms with Crippen molar-refractivity contribution in [2.45, 2.75) is 12.8 Å². The Balaban J connectivity index is 1.81. The van der Waals surface area contributed by atoms with Crippen LogP contribution in [0, 0.1) is 0 Å². The Hall–Kier alpha value is -0.840. The average molecular weight is 269 g/mol. The lowest BCUT2D eigenvalue weighted by Crippen LogP contribution is -2.47. The van der Waals surface area contributed by atoms with E-state index in [1.807, 2.05) is 12.1 Å². The van der Waals surface area contributed by atoms with E-state index in [0.29, 0.717) is 0 Å². The smallest absolute Gasteiger partial charge is 0.147 e. The van der Waals surface area contributed by atoms with Crippen LogP contribution >= 0.6 is 11.6 Å². The number of hydrogen-bond acceptors (Lipinski definition) is 4. The number of anilines is 1. The molecule has 1 aromatic heterocycles. The van der Waals surface area contributed by atoms with Gasteiger partial charge in [0.05, 0.1) is 5.02 Å². The number of aromatic nitrogens is 1. The summed E-state index contributed by atoms with van der Waals surface area (Å²) in [5.41, 5.74) is 5.51. The summed E-state index contributed by atoms with van der Waals surface area (Å²) in [5.74, 6) is 0.917. The van der Waals surface area contributed by atoms with E-state index in [1.54, 1.807) is 6.20 Å². The van der Waals surface area contributed by atoms with Crippen molar-refractivity contribution >= 4 is 17.4 Å². The fourth-order valence-corrected chi connectivity index (χ4v) is 2.51. The maximum absolute atomic E-state index is 6.16. The summed E-state index contributed by atoms with van der Waals surface area (Å²) in [6, 6.07) is 3.77. The quantitative estimate of drug-likeness (QED) is 0.824. The van der Waals surface area contributed by atoms with E-state index in [2.05, 4.69) is 14.8 Å². The summed E-state index contributed by atoms with van der Waals surface area (Å²) in [4.78, 5) is 9.12. The van der Waals surface area contributed by atoms with Gasteiger partial charge in [0.2, 0.25) is 0 Å². The molecular weight excluding hydrogens is 248 g/mol. The van der Waals surface area contributed by atoms with Crippen molar-refractivity contribution < 1.29 is 0 Å². The Morgan fingerprint density at radius 1 is 1.22 bits per heavy atom. The van der Waals surface area contributed by atoms with Crippen molar-refractivity contribution in [1.82, 2.24) is 9.88 Å². The zero-order valence-corrected chi connectivity index (χ0v) is 11.4. The van der Waals surface area contributed by atoms with E-state index in [4.69, 9.17) is 17.3 Å². The number of nitrogens with two attached hydrogens (primary N) is 1. The van der Waals surface area contributed by atoms with Crippen molar-refractivity contribution in [3.63, 3.8) is 0 Å². The van der Waals surface area contributed by atoms with Crippen LogP contribution in [0.4, 0.5) is 5.82 Å². The highest BCUT2D eigenvalue weighted by Gasteiger charge is 2.18. The first-order valence-corrected chi connectivity index (χ1v) is 6.97. The maximum atomic E-state index is 6.16. The predicted octanol–water partition coefficient (Wildman–Crippen LogP) is 1.60. The second-order valence-corrected chi connectivity index (χ2v) is 5.04. The molecule has 1 saturated heterocycles. The molecule has 100 valence electrons. The van der Waals surface area contributed by atoms with E-state index in [1.165, 1.54) is 6.42 Å². The highest BCUT2D eigenvalue weighted by Crippen LogP contribution is 2.23. The highest BCUT2D eigenvalue weighted by atomic mass is 35.5. The molecule has 4 nitrogen and oxygen atoms in total. The maximum Gasteiger partial charge on any atom is 0.147 e. The van der Waals surface area contributed by atoms with Crippen LogP contribution in [0.25, 0.3) is 0 Å². The normalized spacial score (nSPS) is 17.1. The van der Waals surface area contributed by atoms with Crippen LogP contribution in [0.3, 0.4) is 0 Å². The molecule has 1 fully saturated rings. The third kappa shape index (κ3) is 3.57. The molecule has 0 spiro atoms. The van der Waals surface area contributed by atoms with E-state index in [-0.39, 0.29) is 0 Å². The number of nitrogens with zero attached hydrogens (tertiary/aromatic N) is 3. The molecule has 1 aliphatic heterocycles. The van der Waals surface area contributed by atoms with E-state index in [9.17, 15) is 0 Å². The second kappa shape index (κ2) is 6.92. The van der Waals surface area contributed by atoms with Gasteiger partial charge in [0.1, 0.15) is 5.82 Å². The third-order valence-corrected chi connectivity index (χ3v) is 3.63. The Bertz CT molecular complexity index is 364. The SMILES string of the molecule is NCCCCN1CCN(c2ncccc2Cl)CC1. The lowest BCUT2D eigenvalue weighted by Gasteiger charge is -2.35. The topological polar surface area (TPSA) is 45.4 Å². The van der Waals surface area contributed by atoms with E-state index >= 15 is 0 Å². The number of halogens is 1. The largest absolute Gasteiger partial charge is 0.353 e. The first-order valence-electron chi connectivity index (χ1n) is 6.59. The summed E-state index contributed by atoms with van der Waals surface area (Å²) in [6.45, 7) is 6.11. The lowest BCUT2D eigenvalue weighted by atomic mass is 10.2. The molecule has 0 aromatic carbocycles. The Labute approximate surface area is 114 Å². The van der Waals surface area contributed by atoms with Gasteiger partial charge in [-0.2, -0.15) is 0 Å². The minimum atomic E-state index is 0.745. The Morgan fingerprint density at radius 2 is 2.00 bits per heavy atom. The first-order chi connectivity index (χ1) is 8.81. The molecule has 0 saturated carbocycles. The number of unbranched alkanes of at least 4 members (excludes halogenated alkanes) is 1. The van der Waals surface area contributed by atoms with Gasteiger partial charge >= 0.3 is 0 Å². The highest BCUT2D eigenvalue weighted by molar-refractivity contribution is 6.32. The van der Waals surface area contributed by atoms with Crippen LogP contribution in [-0.4, -0.2) is 49.2 Å². The number of pyridine rings is 1. The van der Waals surface area contributed by atoms with Crippen molar-refractivity contribution in [2.75, 3.05) is 44.2 Å². The van der Waals surface area contributed by atoms with Crippen LogP contribution in [-0.2, 0) is 0 Å². The molecule has 0 bridgehead atoms. The van der Waals surface area contributed by atoms with Crippen LogP contribution in [0.15, 0.2) is 18.3 Å². The molecule has 2 N–H and O–H groups in total. The first kappa shape index (κ1) is 13.6. The number of piperazine rings is 1. The van der Waals surface area contributed by atoms with Gasteiger partial charge in [0, 0.05) is 32.4 Å². The minimum Gasteiger partial charge on any atom is -0.353 e. The van der Waals surface area contributed by atoms with Gasteiger partial charge < -0.3 is 10.6 Å². The number of rotatable bonds is 5. The average Bonchev–Trinajstić information content (AvgIpc) is 2.41. The minimum absolute atomic E-state index is 0.745. The zero-order valence-electron chi connectivity index (χ0n) is 10.7. The van der Waals surface area contributed by atoms with Crippen molar-refractivity contribution in [3.8, 4) is 0 Å². The van der Waals surface area contributed by atoms with Crippen LogP contribution in [0.5, 0.6) is 0 Å². The molecule has 0 unspecified atom stereocenters. The fraction of sp³-hybridized carbons (Fsp3) is 0.615. The monoisotopic (exact) mass is 268 g/mol. The molecule has 1 aromatic rings. The lowest BCUT2D eigenvalue weighted by molar-refractivity contribution is 0.253. The molecule has 1 aliphatic rings. The molecule has 0 amide bonds. The van der Waals surface area contributed by atoms with Crippen LogP contribution in [0.2, 0.25) is 5.02 Å². The second-order valence-electron chi connectivity index (χ2n) is 4.63. The molecule has 0 atom stereocenters. The van der Waals surface area contributed by atoms with Crippen LogP contribution in [0.1, 0.15) is 12.8 Å². The van der Waals surface area contributed by atoms with Crippen molar-refractivity contribution in [1.29, 1.82) is 0 Å². The summed E-state index contributed by atoms with van der Waals surface area (Å²) < 4.78 is 0.